The number of rotatable bonds is 2. The van der Waals surface area contributed by atoms with Crippen molar-refractivity contribution in [1.82, 2.24) is 20.8 Å². The lowest BCUT2D eigenvalue weighted by Crippen LogP contribution is -2.43. The van der Waals surface area contributed by atoms with Gasteiger partial charge in [0.1, 0.15) is 0 Å². The molecule has 1 amide bonds. The number of piperidine rings is 1. The van der Waals surface area contributed by atoms with Crippen LogP contribution in [-0.4, -0.2) is 28.7 Å². The lowest BCUT2D eigenvalue weighted by atomic mass is 9.90. The monoisotopic (exact) mass is 298 g/mol. The second-order valence-corrected chi connectivity index (χ2v) is 5.84. The number of fused-ring (bicyclic) bond motifs is 1. The highest BCUT2D eigenvalue weighted by Gasteiger charge is 2.29. The first-order valence-corrected chi connectivity index (χ1v) is 7.30. The van der Waals surface area contributed by atoms with Gasteiger partial charge in [0, 0.05) is 12.0 Å². The van der Waals surface area contributed by atoms with E-state index in [1.807, 2.05) is 6.20 Å². The zero-order valence-corrected chi connectivity index (χ0v) is 12.6. The first-order chi connectivity index (χ1) is 9.24. The third kappa shape index (κ3) is 3.15. The molecule has 5 nitrogen and oxygen atoms in total. The third-order valence-corrected chi connectivity index (χ3v) is 4.35. The van der Waals surface area contributed by atoms with Crippen LogP contribution in [0.4, 0.5) is 0 Å². The summed E-state index contributed by atoms with van der Waals surface area (Å²) in [5.74, 6) is 0.366. The molecule has 0 spiro atoms. The molecule has 3 atom stereocenters. The zero-order chi connectivity index (χ0) is 13.2. The Hall–Kier alpha value is -1.07. The maximum Gasteiger partial charge on any atom is 0.223 e. The van der Waals surface area contributed by atoms with Gasteiger partial charge in [0.2, 0.25) is 5.91 Å². The number of carbonyl (C=O) groups excluding carboxylic acids is 1. The fourth-order valence-corrected chi connectivity index (χ4v) is 3.27. The van der Waals surface area contributed by atoms with Crippen LogP contribution in [0.2, 0.25) is 0 Å². The predicted octanol–water partition coefficient (Wildman–Crippen LogP) is 1.71. The molecule has 1 aliphatic carbocycles. The molecule has 0 radical (unpaired) electrons. The SMILES string of the molecule is C[C@H]1C[C@@H](C(=O)NC2CCCc3cn[nH]c32)CCN1.Cl. The summed E-state index contributed by atoms with van der Waals surface area (Å²) >= 11 is 0. The number of nitrogens with one attached hydrogen (secondary N) is 3. The molecule has 1 aromatic heterocycles. The first-order valence-electron chi connectivity index (χ1n) is 7.30. The first kappa shape index (κ1) is 15.3. The van der Waals surface area contributed by atoms with Crippen molar-refractivity contribution < 1.29 is 4.79 Å². The van der Waals surface area contributed by atoms with E-state index in [-0.39, 0.29) is 30.3 Å². The van der Waals surface area contributed by atoms with Crippen LogP contribution in [0.1, 0.15) is 49.9 Å². The molecular formula is C14H23ClN4O. The Morgan fingerprint density at radius 1 is 1.45 bits per heavy atom. The molecule has 2 aliphatic rings. The van der Waals surface area contributed by atoms with Gasteiger partial charge in [-0.1, -0.05) is 0 Å². The molecule has 20 heavy (non-hydrogen) atoms. The Labute approximate surface area is 125 Å². The van der Waals surface area contributed by atoms with E-state index in [1.165, 1.54) is 5.56 Å². The fraction of sp³-hybridized carbons (Fsp3) is 0.714. The fourth-order valence-electron chi connectivity index (χ4n) is 3.27. The second-order valence-electron chi connectivity index (χ2n) is 5.84. The third-order valence-electron chi connectivity index (χ3n) is 4.35. The maximum absolute atomic E-state index is 12.4. The van der Waals surface area contributed by atoms with Crippen LogP contribution in [-0.2, 0) is 11.2 Å². The van der Waals surface area contributed by atoms with Crippen LogP contribution < -0.4 is 10.6 Å². The number of aryl methyl sites for hydroxylation is 1. The molecule has 0 bridgehead atoms. The van der Waals surface area contributed by atoms with E-state index in [0.717, 1.165) is 44.3 Å². The molecule has 1 aliphatic heterocycles. The van der Waals surface area contributed by atoms with Gasteiger partial charge in [-0.05, 0) is 51.1 Å². The smallest absolute Gasteiger partial charge is 0.223 e. The summed E-state index contributed by atoms with van der Waals surface area (Å²) in [7, 11) is 0. The molecule has 3 rings (SSSR count). The summed E-state index contributed by atoms with van der Waals surface area (Å²) in [6, 6.07) is 0.572. The van der Waals surface area contributed by atoms with Crippen LogP contribution in [0.15, 0.2) is 6.20 Å². The zero-order valence-electron chi connectivity index (χ0n) is 11.8. The van der Waals surface area contributed by atoms with Gasteiger partial charge < -0.3 is 10.6 Å². The molecule has 1 fully saturated rings. The number of hydrogen-bond acceptors (Lipinski definition) is 3. The van der Waals surface area contributed by atoms with Gasteiger partial charge in [0.15, 0.2) is 0 Å². The minimum absolute atomic E-state index is 0. The average molecular weight is 299 g/mol. The Morgan fingerprint density at radius 3 is 3.10 bits per heavy atom. The van der Waals surface area contributed by atoms with E-state index in [1.54, 1.807) is 0 Å². The highest BCUT2D eigenvalue weighted by atomic mass is 35.5. The number of amides is 1. The van der Waals surface area contributed by atoms with Crippen LogP contribution >= 0.6 is 12.4 Å². The molecule has 6 heteroatoms. The van der Waals surface area contributed by atoms with Crippen LogP contribution in [0.3, 0.4) is 0 Å². The standard InChI is InChI=1S/C14H22N4O.ClH/c1-9-7-10(5-6-15-9)14(19)17-12-4-2-3-11-8-16-18-13(11)12;/h8-10,12,15H,2-7H2,1H3,(H,16,18)(H,17,19);1H/t9-,10-,12?;/m0./s1. The van der Waals surface area contributed by atoms with Crippen LogP contribution in [0.25, 0.3) is 0 Å². The molecule has 3 N–H and O–H groups in total. The minimum atomic E-state index is 0. The van der Waals surface area contributed by atoms with Crippen LogP contribution in [0, 0.1) is 5.92 Å². The van der Waals surface area contributed by atoms with Crippen LogP contribution in [0.5, 0.6) is 0 Å². The number of aromatic nitrogens is 2. The maximum atomic E-state index is 12.4. The summed E-state index contributed by atoms with van der Waals surface area (Å²) in [4.78, 5) is 12.4. The molecule has 1 aromatic rings. The molecule has 0 aromatic carbocycles. The highest BCUT2D eigenvalue weighted by molar-refractivity contribution is 5.85. The quantitative estimate of drug-likeness (QED) is 0.778. The van der Waals surface area contributed by atoms with Crippen molar-refractivity contribution in [2.24, 2.45) is 5.92 Å². The van der Waals surface area contributed by atoms with Crippen molar-refractivity contribution >= 4 is 18.3 Å². The van der Waals surface area contributed by atoms with Crippen molar-refractivity contribution in [3.05, 3.63) is 17.5 Å². The summed E-state index contributed by atoms with van der Waals surface area (Å²) in [6.45, 7) is 3.09. The summed E-state index contributed by atoms with van der Waals surface area (Å²) < 4.78 is 0. The topological polar surface area (TPSA) is 69.8 Å². The Balaban J connectivity index is 0.00000147. The summed E-state index contributed by atoms with van der Waals surface area (Å²) in [5, 5.41) is 13.7. The lowest BCUT2D eigenvalue weighted by molar-refractivity contribution is -0.127. The van der Waals surface area contributed by atoms with Gasteiger partial charge in [-0.2, -0.15) is 5.10 Å². The van der Waals surface area contributed by atoms with Gasteiger partial charge in [-0.15, -0.1) is 12.4 Å². The Kier molecular flexibility index (Phi) is 5.05. The normalized spacial score (nSPS) is 29.1. The molecule has 2 heterocycles. The van der Waals surface area contributed by atoms with Crippen molar-refractivity contribution in [2.75, 3.05) is 6.54 Å². The molecule has 1 saturated heterocycles. The van der Waals surface area contributed by atoms with E-state index in [2.05, 4.69) is 27.8 Å². The van der Waals surface area contributed by atoms with Crippen molar-refractivity contribution in [3.63, 3.8) is 0 Å². The Bertz CT molecular complexity index is 462. The van der Waals surface area contributed by atoms with Gasteiger partial charge >= 0.3 is 0 Å². The predicted molar refractivity (Wildman–Crippen MR) is 79.8 cm³/mol. The highest BCUT2D eigenvalue weighted by Crippen LogP contribution is 2.28. The van der Waals surface area contributed by atoms with Crippen molar-refractivity contribution in [2.45, 2.75) is 51.1 Å². The molecule has 112 valence electrons. The summed E-state index contributed by atoms with van der Waals surface area (Å²) in [6.07, 6.45) is 6.98. The molecule has 1 unspecified atom stereocenters. The van der Waals surface area contributed by atoms with Gasteiger partial charge in [0.05, 0.1) is 17.9 Å². The number of aromatic amines is 1. The number of nitrogens with zero attached hydrogens (tertiary/aromatic N) is 1. The summed E-state index contributed by atoms with van der Waals surface area (Å²) in [5.41, 5.74) is 2.37. The van der Waals surface area contributed by atoms with Gasteiger partial charge in [0.25, 0.3) is 0 Å². The lowest BCUT2D eigenvalue weighted by Gasteiger charge is -2.30. The largest absolute Gasteiger partial charge is 0.347 e. The molecular weight excluding hydrogens is 276 g/mol. The average Bonchev–Trinajstić information content (AvgIpc) is 2.88. The van der Waals surface area contributed by atoms with E-state index in [9.17, 15) is 4.79 Å². The van der Waals surface area contributed by atoms with Crippen molar-refractivity contribution in [3.8, 4) is 0 Å². The van der Waals surface area contributed by atoms with Crippen molar-refractivity contribution in [1.29, 1.82) is 0 Å². The number of H-pyrrole nitrogens is 1. The van der Waals surface area contributed by atoms with E-state index in [0.29, 0.717) is 6.04 Å². The minimum Gasteiger partial charge on any atom is -0.347 e. The van der Waals surface area contributed by atoms with E-state index in [4.69, 9.17) is 0 Å². The number of hydrogen-bond donors (Lipinski definition) is 3. The van der Waals surface area contributed by atoms with E-state index < -0.39 is 0 Å². The molecule has 0 saturated carbocycles. The number of halogens is 1. The second kappa shape index (κ2) is 6.59. The Morgan fingerprint density at radius 2 is 2.30 bits per heavy atom. The van der Waals surface area contributed by atoms with Gasteiger partial charge in [-0.25, -0.2) is 0 Å². The number of carbonyl (C=O) groups is 1. The van der Waals surface area contributed by atoms with E-state index >= 15 is 0 Å². The van der Waals surface area contributed by atoms with Gasteiger partial charge in [-0.3, -0.25) is 9.89 Å².